The fraction of sp³-hybridized carbons (Fsp3) is 1.00. The van der Waals surface area contributed by atoms with Gasteiger partial charge in [0.05, 0.1) is 0 Å². The second kappa shape index (κ2) is 5.05. The van der Waals surface area contributed by atoms with Crippen LogP contribution in [0.3, 0.4) is 0 Å². The molecule has 0 atom stereocenters. The molecular formula is C6H18N3O3P. The predicted octanol–water partition coefficient (Wildman–Crippen LogP) is 0.642. The fourth-order valence-electron chi connectivity index (χ4n) is 0.574. The van der Waals surface area contributed by atoms with Crippen molar-refractivity contribution in [3.05, 3.63) is 0 Å². The molecule has 0 aromatic carbocycles. The summed E-state index contributed by atoms with van der Waals surface area (Å²) >= 11 is 0. The van der Waals surface area contributed by atoms with E-state index >= 15 is 0 Å². The lowest BCUT2D eigenvalue weighted by molar-refractivity contribution is -0.0893. The number of hydroxylamine groups is 4. The molecule has 7 heteroatoms. The average molecular weight is 211 g/mol. The van der Waals surface area contributed by atoms with Crippen molar-refractivity contribution in [2.24, 2.45) is 0 Å². The number of rotatable bonds is 5. The van der Waals surface area contributed by atoms with Gasteiger partial charge in [0, 0.05) is 28.2 Å². The van der Waals surface area contributed by atoms with Crippen molar-refractivity contribution in [2.45, 2.75) is 0 Å². The Labute approximate surface area is 79.5 Å². The van der Waals surface area contributed by atoms with Crippen LogP contribution < -0.4 is 0 Å². The Morgan fingerprint density at radius 3 is 1.31 bits per heavy atom. The second-order valence-corrected chi connectivity index (χ2v) is 5.17. The zero-order valence-electron chi connectivity index (χ0n) is 9.01. The third-order valence-electron chi connectivity index (χ3n) is 1.02. The Morgan fingerprint density at radius 1 is 0.846 bits per heavy atom. The Bertz CT molecular complexity index is 182. The van der Waals surface area contributed by atoms with Crippen LogP contribution in [0.5, 0.6) is 0 Å². The van der Waals surface area contributed by atoms with Gasteiger partial charge in [-0.1, -0.05) is 0 Å². The molecule has 0 N–H and O–H groups in total. The van der Waals surface area contributed by atoms with Crippen LogP contribution in [0.1, 0.15) is 0 Å². The molecule has 0 heterocycles. The van der Waals surface area contributed by atoms with Crippen molar-refractivity contribution >= 4 is 7.75 Å². The lowest BCUT2D eigenvalue weighted by Crippen LogP contribution is -2.24. The molecule has 6 nitrogen and oxygen atoms in total. The number of nitrogens with zero attached hydrogens (tertiary/aromatic N) is 3. The molecule has 13 heavy (non-hydrogen) atoms. The van der Waals surface area contributed by atoms with Crippen LogP contribution in [0, 0.1) is 0 Å². The lowest BCUT2D eigenvalue weighted by Gasteiger charge is -2.27. The first kappa shape index (κ1) is 13.0. The molecule has 0 rings (SSSR count). The average Bonchev–Trinajstić information content (AvgIpc) is 1.82. The van der Waals surface area contributed by atoms with E-state index in [-0.39, 0.29) is 0 Å². The minimum Gasteiger partial charge on any atom is -0.238 e. The summed E-state index contributed by atoms with van der Waals surface area (Å²) in [4.78, 5) is 0. The summed E-state index contributed by atoms with van der Waals surface area (Å²) in [5.41, 5.74) is 0. The van der Waals surface area contributed by atoms with E-state index in [1.807, 2.05) is 0 Å². The van der Waals surface area contributed by atoms with Gasteiger partial charge >= 0.3 is 7.75 Å². The molecule has 0 amide bonds. The highest BCUT2D eigenvalue weighted by Gasteiger charge is 2.31. The van der Waals surface area contributed by atoms with Crippen LogP contribution in [0.15, 0.2) is 0 Å². The van der Waals surface area contributed by atoms with Gasteiger partial charge in [-0.05, 0) is 14.1 Å². The topological polar surface area (TPSA) is 45.2 Å². The zero-order valence-corrected chi connectivity index (χ0v) is 9.91. The van der Waals surface area contributed by atoms with Crippen molar-refractivity contribution in [2.75, 3.05) is 42.3 Å². The maximum absolute atomic E-state index is 11.9. The SMILES string of the molecule is CN(C)OP(=O)(ON(C)C)N(C)C. The summed E-state index contributed by atoms with van der Waals surface area (Å²) in [7, 11) is 6.64. The summed E-state index contributed by atoms with van der Waals surface area (Å²) in [6, 6.07) is 0. The lowest BCUT2D eigenvalue weighted by atomic mass is 11.2. The van der Waals surface area contributed by atoms with Gasteiger partial charge in [0.1, 0.15) is 0 Å². The Hall–Kier alpha value is 0.0300. The smallest absolute Gasteiger partial charge is 0.238 e. The molecule has 0 aromatic rings. The van der Waals surface area contributed by atoms with E-state index in [1.165, 1.54) is 14.8 Å². The van der Waals surface area contributed by atoms with Crippen LogP contribution in [-0.4, -0.2) is 57.1 Å². The van der Waals surface area contributed by atoms with Crippen LogP contribution in [0.4, 0.5) is 0 Å². The fourth-order valence-corrected chi connectivity index (χ4v) is 1.72. The van der Waals surface area contributed by atoms with E-state index in [0.29, 0.717) is 0 Å². The standard InChI is InChI=1S/C6H18N3O3P/c1-7(2)11-13(10,9(5)6)12-8(3)4/h1-6H3. The Kier molecular flexibility index (Phi) is 5.06. The van der Waals surface area contributed by atoms with Gasteiger partial charge in [-0.25, -0.2) is 18.5 Å². The van der Waals surface area contributed by atoms with Gasteiger partial charge in [-0.3, -0.25) is 0 Å². The molecule has 0 aromatic heterocycles. The van der Waals surface area contributed by atoms with Crippen LogP contribution in [0.25, 0.3) is 0 Å². The van der Waals surface area contributed by atoms with Crippen molar-refractivity contribution in [3.63, 3.8) is 0 Å². The van der Waals surface area contributed by atoms with Gasteiger partial charge < -0.3 is 0 Å². The summed E-state index contributed by atoms with van der Waals surface area (Å²) in [5.74, 6) is 0. The van der Waals surface area contributed by atoms with E-state index in [2.05, 4.69) is 0 Å². The van der Waals surface area contributed by atoms with Gasteiger partial charge in [0.2, 0.25) is 0 Å². The molecule has 0 bridgehead atoms. The van der Waals surface area contributed by atoms with Crippen LogP contribution in [0.2, 0.25) is 0 Å². The van der Waals surface area contributed by atoms with Crippen molar-refractivity contribution in [3.8, 4) is 0 Å². The Balaban J connectivity index is 4.45. The third kappa shape index (κ3) is 4.71. The molecule has 0 radical (unpaired) electrons. The van der Waals surface area contributed by atoms with Crippen LogP contribution >= 0.6 is 7.75 Å². The number of hydrogen-bond acceptors (Lipinski definition) is 5. The normalized spacial score (nSPS) is 13.3. The van der Waals surface area contributed by atoms with Gasteiger partial charge in [0.25, 0.3) is 0 Å². The van der Waals surface area contributed by atoms with Crippen molar-refractivity contribution < 1.29 is 13.8 Å². The maximum atomic E-state index is 11.9. The first-order valence-corrected chi connectivity index (χ1v) is 5.29. The summed E-state index contributed by atoms with van der Waals surface area (Å²) in [5, 5.41) is 2.70. The molecule has 0 spiro atoms. The largest absolute Gasteiger partial charge is 0.440 e. The van der Waals surface area contributed by atoms with Crippen molar-refractivity contribution in [1.29, 1.82) is 0 Å². The monoisotopic (exact) mass is 211 g/mol. The maximum Gasteiger partial charge on any atom is 0.440 e. The van der Waals surface area contributed by atoms with E-state index in [1.54, 1.807) is 42.3 Å². The van der Waals surface area contributed by atoms with Crippen molar-refractivity contribution in [1.82, 2.24) is 14.8 Å². The zero-order chi connectivity index (χ0) is 10.6. The molecule has 0 aliphatic carbocycles. The quantitative estimate of drug-likeness (QED) is 0.491. The predicted molar refractivity (Wildman–Crippen MR) is 50.8 cm³/mol. The van der Waals surface area contributed by atoms with Gasteiger partial charge in [-0.15, -0.1) is 0 Å². The molecular weight excluding hydrogens is 193 g/mol. The first-order chi connectivity index (χ1) is 5.78. The minimum absolute atomic E-state index is 1.35. The molecule has 80 valence electrons. The molecule has 0 fully saturated rings. The third-order valence-corrected chi connectivity index (χ3v) is 3.07. The van der Waals surface area contributed by atoms with Gasteiger partial charge in [-0.2, -0.15) is 10.1 Å². The highest BCUT2D eigenvalue weighted by atomic mass is 31.2. The minimum atomic E-state index is -3.22. The Morgan fingerprint density at radius 2 is 1.15 bits per heavy atom. The van der Waals surface area contributed by atoms with E-state index in [4.69, 9.17) is 9.25 Å². The van der Waals surface area contributed by atoms with E-state index in [9.17, 15) is 4.57 Å². The highest BCUT2D eigenvalue weighted by molar-refractivity contribution is 7.51. The van der Waals surface area contributed by atoms with E-state index < -0.39 is 7.75 Å². The summed E-state index contributed by atoms with van der Waals surface area (Å²) < 4.78 is 23.5. The second-order valence-electron chi connectivity index (χ2n) is 3.10. The van der Waals surface area contributed by atoms with Gasteiger partial charge in [0.15, 0.2) is 0 Å². The molecule has 0 saturated heterocycles. The summed E-state index contributed by atoms with van der Waals surface area (Å²) in [6.07, 6.45) is 0. The van der Waals surface area contributed by atoms with Crippen LogP contribution in [-0.2, 0) is 13.8 Å². The molecule has 0 aliphatic heterocycles. The highest BCUT2D eigenvalue weighted by Crippen LogP contribution is 2.50. The number of hydrogen-bond donors (Lipinski definition) is 0. The summed E-state index contributed by atoms with van der Waals surface area (Å²) in [6.45, 7) is 0. The molecule has 0 saturated carbocycles. The van der Waals surface area contributed by atoms with E-state index in [0.717, 1.165) is 0 Å². The molecule has 0 unspecified atom stereocenters. The first-order valence-electron chi connectivity index (χ1n) is 3.80. The molecule has 0 aliphatic rings.